The van der Waals surface area contributed by atoms with Crippen molar-refractivity contribution in [3.05, 3.63) is 41.7 Å². The monoisotopic (exact) mass is 468 g/mol. The number of nitrogens with two attached hydrogens (primary N) is 2. The van der Waals surface area contributed by atoms with E-state index in [0.717, 1.165) is 5.69 Å². The number of amides is 1. The van der Waals surface area contributed by atoms with Crippen LogP contribution in [0.2, 0.25) is 0 Å². The lowest BCUT2D eigenvalue weighted by Gasteiger charge is -2.19. The van der Waals surface area contributed by atoms with Crippen LogP contribution in [-0.4, -0.2) is 61.1 Å². The largest absolute Gasteiger partial charge is 0.481 e. The lowest BCUT2D eigenvalue weighted by atomic mass is 10.1. The number of rotatable bonds is 10. The molecule has 1 unspecified atom stereocenters. The molecular weight excluding hydrogens is 444 g/mol. The standard InChI is InChI=1S/C21H24N8O5/c1-29(10-12-9-24-18-16(25-12)17(22)27-21(23)28-18)13-7-5-11(6-8-13)19(32)26-14(20(33)34)3-2-4-15(30)31/h5-9,14H,2-4,10H2,1H3,(H,26,32)(H,30,31)(H,33,34)(H4,22,23,24,27,28). The minimum absolute atomic E-state index is 0.0169. The summed E-state index contributed by atoms with van der Waals surface area (Å²) in [6, 6.07) is 5.38. The molecule has 0 aliphatic heterocycles. The third-order valence-electron chi connectivity index (χ3n) is 4.96. The van der Waals surface area contributed by atoms with Crippen LogP contribution in [0.1, 0.15) is 35.3 Å². The van der Waals surface area contributed by atoms with Crippen LogP contribution in [0, 0.1) is 0 Å². The first-order chi connectivity index (χ1) is 16.1. The van der Waals surface area contributed by atoms with Crippen molar-refractivity contribution in [3.8, 4) is 0 Å². The number of carboxylic acid groups (broad SMARTS) is 2. The molecule has 7 N–H and O–H groups in total. The van der Waals surface area contributed by atoms with Crippen molar-refractivity contribution >= 4 is 46.5 Å². The molecule has 13 heteroatoms. The summed E-state index contributed by atoms with van der Waals surface area (Å²) < 4.78 is 0. The van der Waals surface area contributed by atoms with Crippen LogP contribution in [0.4, 0.5) is 17.5 Å². The van der Waals surface area contributed by atoms with Crippen molar-refractivity contribution in [1.82, 2.24) is 25.3 Å². The zero-order valence-corrected chi connectivity index (χ0v) is 18.3. The van der Waals surface area contributed by atoms with Gasteiger partial charge in [0.15, 0.2) is 17.0 Å². The molecule has 34 heavy (non-hydrogen) atoms. The van der Waals surface area contributed by atoms with Crippen molar-refractivity contribution in [1.29, 1.82) is 0 Å². The molecule has 2 heterocycles. The number of fused-ring (bicyclic) bond motifs is 1. The highest BCUT2D eigenvalue weighted by atomic mass is 16.4. The third kappa shape index (κ3) is 6.03. The van der Waals surface area contributed by atoms with Gasteiger partial charge in [0.2, 0.25) is 5.95 Å². The smallest absolute Gasteiger partial charge is 0.326 e. The molecule has 0 fully saturated rings. The van der Waals surface area contributed by atoms with Crippen molar-refractivity contribution in [2.24, 2.45) is 0 Å². The third-order valence-corrected chi connectivity index (χ3v) is 4.96. The number of hydrogen-bond donors (Lipinski definition) is 5. The maximum atomic E-state index is 12.5. The van der Waals surface area contributed by atoms with Crippen LogP contribution in [-0.2, 0) is 16.1 Å². The van der Waals surface area contributed by atoms with Gasteiger partial charge in [0.05, 0.1) is 18.4 Å². The zero-order valence-electron chi connectivity index (χ0n) is 18.3. The maximum Gasteiger partial charge on any atom is 0.326 e. The van der Waals surface area contributed by atoms with Gasteiger partial charge in [-0.2, -0.15) is 9.97 Å². The molecule has 2 aromatic heterocycles. The second-order valence-electron chi connectivity index (χ2n) is 7.55. The molecule has 0 aliphatic carbocycles. The lowest BCUT2D eigenvalue weighted by molar-refractivity contribution is -0.140. The summed E-state index contributed by atoms with van der Waals surface area (Å²) in [5, 5.41) is 20.4. The van der Waals surface area contributed by atoms with Crippen LogP contribution >= 0.6 is 0 Å². The number of benzene rings is 1. The van der Waals surface area contributed by atoms with Gasteiger partial charge in [-0.1, -0.05) is 0 Å². The Kier molecular flexibility index (Phi) is 7.36. The first-order valence-electron chi connectivity index (χ1n) is 10.3. The predicted molar refractivity (Wildman–Crippen MR) is 123 cm³/mol. The number of carbonyl (C=O) groups is 3. The Bertz CT molecular complexity index is 1220. The van der Waals surface area contributed by atoms with Crippen molar-refractivity contribution < 1.29 is 24.6 Å². The summed E-state index contributed by atoms with van der Waals surface area (Å²) in [5.74, 6) is -2.65. The molecule has 0 spiro atoms. The minimum Gasteiger partial charge on any atom is -0.481 e. The van der Waals surface area contributed by atoms with Gasteiger partial charge in [-0.15, -0.1) is 0 Å². The summed E-state index contributed by atoms with van der Waals surface area (Å²) >= 11 is 0. The van der Waals surface area contributed by atoms with Gasteiger partial charge in [-0.25, -0.2) is 14.8 Å². The minimum atomic E-state index is -1.22. The molecule has 0 bridgehead atoms. The molecule has 3 aromatic rings. The number of nitrogens with zero attached hydrogens (tertiary/aromatic N) is 5. The Hall–Kier alpha value is -4.55. The van der Waals surface area contributed by atoms with E-state index >= 15 is 0 Å². The average molecular weight is 468 g/mol. The van der Waals surface area contributed by atoms with E-state index in [1.54, 1.807) is 30.5 Å². The first-order valence-corrected chi connectivity index (χ1v) is 10.3. The molecule has 0 aliphatic rings. The molecule has 3 rings (SSSR count). The highest BCUT2D eigenvalue weighted by Crippen LogP contribution is 2.19. The van der Waals surface area contributed by atoms with E-state index in [9.17, 15) is 19.5 Å². The fourth-order valence-corrected chi connectivity index (χ4v) is 3.22. The molecule has 1 amide bonds. The zero-order chi connectivity index (χ0) is 24.8. The van der Waals surface area contributed by atoms with E-state index < -0.39 is 23.9 Å². The number of aliphatic carboxylic acids is 2. The van der Waals surface area contributed by atoms with Gasteiger partial charge in [0.1, 0.15) is 6.04 Å². The Morgan fingerprint density at radius 2 is 1.79 bits per heavy atom. The fraction of sp³-hybridized carbons (Fsp3) is 0.286. The van der Waals surface area contributed by atoms with Crippen molar-refractivity contribution in [2.75, 3.05) is 23.4 Å². The molecule has 0 saturated heterocycles. The number of nitrogens with one attached hydrogen (secondary N) is 1. The van der Waals surface area contributed by atoms with E-state index in [0.29, 0.717) is 23.4 Å². The quantitative estimate of drug-likeness (QED) is 0.278. The average Bonchev–Trinajstić information content (AvgIpc) is 2.78. The number of carbonyl (C=O) groups excluding carboxylic acids is 1. The van der Waals surface area contributed by atoms with E-state index in [2.05, 4.69) is 25.3 Å². The second-order valence-corrected chi connectivity index (χ2v) is 7.55. The normalized spacial score (nSPS) is 11.7. The van der Waals surface area contributed by atoms with Gasteiger partial charge < -0.3 is 31.9 Å². The second kappa shape index (κ2) is 10.4. The molecule has 178 valence electrons. The van der Waals surface area contributed by atoms with Gasteiger partial charge in [-0.05, 0) is 37.1 Å². The summed E-state index contributed by atoms with van der Waals surface area (Å²) in [6.07, 6.45) is 1.54. The van der Waals surface area contributed by atoms with E-state index in [-0.39, 0.29) is 36.6 Å². The van der Waals surface area contributed by atoms with Crippen LogP contribution < -0.4 is 21.7 Å². The molecule has 13 nitrogen and oxygen atoms in total. The van der Waals surface area contributed by atoms with Gasteiger partial charge in [-0.3, -0.25) is 9.59 Å². The summed E-state index contributed by atoms with van der Waals surface area (Å²) in [7, 11) is 1.83. The van der Waals surface area contributed by atoms with Crippen LogP contribution in [0.25, 0.3) is 11.2 Å². The number of carboxylic acids is 2. The number of anilines is 3. The number of hydrogen-bond acceptors (Lipinski definition) is 10. The Balaban J connectivity index is 1.65. The molecule has 0 radical (unpaired) electrons. The molecular formula is C21H24N8O5. The van der Waals surface area contributed by atoms with Crippen LogP contribution in [0.3, 0.4) is 0 Å². The highest BCUT2D eigenvalue weighted by molar-refractivity contribution is 5.96. The van der Waals surface area contributed by atoms with Crippen molar-refractivity contribution in [2.45, 2.75) is 31.8 Å². The van der Waals surface area contributed by atoms with E-state index in [1.165, 1.54) is 0 Å². The number of aromatic nitrogens is 4. The summed E-state index contributed by atoms with van der Waals surface area (Å²) in [6.45, 7) is 0.378. The SMILES string of the molecule is CN(Cc1cnc2nc(N)nc(N)c2n1)c1ccc(C(=O)NC(CCCC(=O)O)C(=O)O)cc1. The van der Waals surface area contributed by atoms with Crippen LogP contribution in [0.15, 0.2) is 30.5 Å². The van der Waals surface area contributed by atoms with Crippen LogP contribution in [0.5, 0.6) is 0 Å². The molecule has 1 aromatic carbocycles. The van der Waals surface area contributed by atoms with Crippen molar-refractivity contribution in [3.63, 3.8) is 0 Å². The number of nitrogen functional groups attached to an aromatic ring is 2. The highest BCUT2D eigenvalue weighted by Gasteiger charge is 2.21. The van der Waals surface area contributed by atoms with Gasteiger partial charge >= 0.3 is 11.9 Å². The fourth-order valence-electron chi connectivity index (χ4n) is 3.22. The summed E-state index contributed by atoms with van der Waals surface area (Å²) in [4.78, 5) is 52.9. The Labute approximate surface area is 193 Å². The Morgan fingerprint density at radius 1 is 1.09 bits per heavy atom. The predicted octanol–water partition coefficient (Wildman–Crippen LogP) is 0.659. The molecule has 1 atom stereocenters. The van der Waals surface area contributed by atoms with E-state index in [4.69, 9.17) is 16.6 Å². The van der Waals surface area contributed by atoms with E-state index in [1.807, 2.05) is 11.9 Å². The lowest BCUT2D eigenvalue weighted by Crippen LogP contribution is -2.40. The van der Waals surface area contributed by atoms with Gasteiger partial charge in [0, 0.05) is 24.7 Å². The summed E-state index contributed by atoms with van der Waals surface area (Å²) in [5.41, 5.74) is 13.7. The topological polar surface area (TPSA) is 211 Å². The maximum absolute atomic E-state index is 12.5. The Morgan fingerprint density at radius 3 is 2.44 bits per heavy atom. The first kappa shape index (κ1) is 24.1. The molecule has 0 saturated carbocycles. The van der Waals surface area contributed by atoms with Gasteiger partial charge in [0.25, 0.3) is 5.91 Å².